The monoisotopic (exact) mass is 429 g/mol. The molecular formula is C23H28FN3O4. The number of benzene rings is 2. The van der Waals surface area contributed by atoms with Crippen LogP contribution in [0, 0.1) is 5.82 Å². The SMILES string of the molecule is CC(COc1cccc(F)c1)NC(=O)C(=O)Nc1cccc(OCCN2CCCC2)c1. The van der Waals surface area contributed by atoms with Crippen molar-refractivity contribution in [1.29, 1.82) is 0 Å². The van der Waals surface area contributed by atoms with Gasteiger partial charge in [-0.05, 0) is 57.1 Å². The number of nitrogens with zero attached hydrogens (tertiary/aromatic N) is 1. The van der Waals surface area contributed by atoms with Gasteiger partial charge >= 0.3 is 11.8 Å². The van der Waals surface area contributed by atoms with Crippen LogP contribution in [0.15, 0.2) is 48.5 Å². The molecule has 0 bridgehead atoms. The van der Waals surface area contributed by atoms with Crippen LogP contribution < -0.4 is 20.1 Å². The maximum absolute atomic E-state index is 13.2. The Balaban J connectivity index is 1.41. The normalized spacial score (nSPS) is 14.6. The van der Waals surface area contributed by atoms with E-state index in [-0.39, 0.29) is 6.61 Å². The third-order valence-corrected chi connectivity index (χ3v) is 4.85. The van der Waals surface area contributed by atoms with Crippen LogP contribution in [-0.2, 0) is 9.59 Å². The van der Waals surface area contributed by atoms with E-state index in [1.807, 2.05) is 6.07 Å². The molecule has 0 aromatic heterocycles. The van der Waals surface area contributed by atoms with Gasteiger partial charge in [0.15, 0.2) is 0 Å². The third kappa shape index (κ3) is 7.57. The molecule has 0 aliphatic carbocycles. The minimum absolute atomic E-state index is 0.100. The quantitative estimate of drug-likeness (QED) is 0.600. The van der Waals surface area contributed by atoms with Gasteiger partial charge in [-0.1, -0.05) is 12.1 Å². The first-order valence-electron chi connectivity index (χ1n) is 10.4. The molecule has 1 unspecified atom stereocenters. The molecule has 2 aromatic carbocycles. The van der Waals surface area contributed by atoms with Gasteiger partial charge in [-0.25, -0.2) is 4.39 Å². The summed E-state index contributed by atoms with van der Waals surface area (Å²) in [6.45, 7) is 5.46. The number of nitrogens with one attached hydrogen (secondary N) is 2. The van der Waals surface area contributed by atoms with Gasteiger partial charge in [0.2, 0.25) is 0 Å². The van der Waals surface area contributed by atoms with Crippen LogP contribution in [-0.4, -0.2) is 55.6 Å². The molecule has 1 aliphatic heterocycles. The second-order valence-corrected chi connectivity index (χ2v) is 7.52. The number of ether oxygens (including phenoxy) is 2. The maximum atomic E-state index is 13.2. The molecule has 2 amide bonds. The average Bonchev–Trinajstić information content (AvgIpc) is 3.26. The van der Waals surface area contributed by atoms with Crippen LogP contribution in [0.2, 0.25) is 0 Å². The fourth-order valence-electron chi connectivity index (χ4n) is 3.26. The molecule has 1 atom stereocenters. The van der Waals surface area contributed by atoms with E-state index in [0.29, 0.717) is 23.8 Å². The van der Waals surface area contributed by atoms with Gasteiger partial charge in [-0.3, -0.25) is 14.5 Å². The summed E-state index contributed by atoms with van der Waals surface area (Å²) in [6, 6.07) is 12.2. The topological polar surface area (TPSA) is 79.9 Å². The molecule has 1 heterocycles. The Hall–Kier alpha value is -3.13. The number of halogens is 1. The van der Waals surface area contributed by atoms with Crippen molar-refractivity contribution in [3.05, 3.63) is 54.3 Å². The number of hydrogen-bond donors (Lipinski definition) is 2. The molecule has 3 rings (SSSR count). The highest BCUT2D eigenvalue weighted by Gasteiger charge is 2.17. The van der Waals surface area contributed by atoms with E-state index in [9.17, 15) is 14.0 Å². The lowest BCUT2D eigenvalue weighted by Gasteiger charge is -2.16. The van der Waals surface area contributed by atoms with Gasteiger partial charge in [0.05, 0.1) is 6.04 Å². The first kappa shape index (κ1) is 22.6. The zero-order valence-corrected chi connectivity index (χ0v) is 17.6. The van der Waals surface area contributed by atoms with E-state index in [0.717, 1.165) is 19.6 Å². The fourth-order valence-corrected chi connectivity index (χ4v) is 3.26. The Morgan fingerprint density at radius 2 is 1.74 bits per heavy atom. The molecular weight excluding hydrogens is 401 g/mol. The molecule has 1 aliphatic rings. The number of likely N-dealkylation sites (tertiary alicyclic amines) is 1. The Kier molecular flexibility index (Phi) is 8.23. The molecule has 2 aromatic rings. The molecule has 1 saturated heterocycles. The third-order valence-electron chi connectivity index (χ3n) is 4.85. The van der Waals surface area contributed by atoms with E-state index in [1.165, 1.54) is 31.0 Å². The van der Waals surface area contributed by atoms with Gasteiger partial charge in [-0.15, -0.1) is 0 Å². The summed E-state index contributed by atoms with van der Waals surface area (Å²) >= 11 is 0. The lowest BCUT2D eigenvalue weighted by atomic mass is 10.3. The number of hydrogen-bond acceptors (Lipinski definition) is 5. The lowest BCUT2D eigenvalue weighted by molar-refractivity contribution is -0.136. The van der Waals surface area contributed by atoms with Crippen LogP contribution in [0.25, 0.3) is 0 Å². The first-order valence-corrected chi connectivity index (χ1v) is 10.4. The van der Waals surface area contributed by atoms with Crippen molar-refractivity contribution in [3.63, 3.8) is 0 Å². The van der Waals surface area contributed by atoms with Crippen molar-refractivity contribution in [1.82, 2.24) is 10.2 Å². The second-order valence-electron chi connectivity index (χ2n) is 7.52. The van der Waals surface area contributed by atoms with Crippen LogP contribution in [0.1, 0.15) is 19.8 Å². The lowest BCUT2D eigenvalue weighted by Crippen LogP contribution is -2.43. The van der Waals surface area contributed by atoms with E-state index < -0.39 is 23.7 Å². The Morgan fingerprint density at radius 3 is 2.48 bits per heavy atom. The fraction of sp³-hybridized carbons (Fsp3) is 0.391. The predicted molar refractivity (Wildman–Crippen MR) is 116 cm³/mol. The molecule has 31 heavy (non-hydrogen) atoms. The Bertz CT molecular complexity index is 887. The predicted octanol–water partition coefficient (Wildman–Crippen LogP) is 2.82. The number of amides is 2. The van der Waals surface area contributed by atoms with Crippen LogP contribution in [0.5, 0.6) is 11.5 Å². The minimum atomic E-state index is -0.785. The summed E-state index contributed by atoms with van der Waals surface area (Å²) in [5, 5.41) is 5.13. The van der Waals surface area contributed by atoms with Crippen LogP contribution in [0.3, 0.4) is 0 Å². The number of carbonyl (C=O) groups is 2. The van der Waals surface area contributed by atoms with Crippen molar-refractivity contribution >= 4 is 17.5 Å². The zero-order chi connectivity index (χ0) is 22.1. The number of carbonyl (C=O) groups excluding carboxylic acids is 2. The number of anilines is 1. The summed E-state index contributed by atoms with van der Waals surface area (Å²) < 4.78 is 24.4. The molecule has 0 spiro atoms. The van der Waals surface area contributed by atoms with Gasteiger partial charge < -0.3 is 20.1 Å². The van der Waals surface area contributed by atoms with Gasteiger partial charge in [0, 0.05) is 24.4 Å². The van der Waals surface area contributed by atoms with Crippen molar-refractivity contribution < 1.29 is 23.5 Å². The second kappa shape index (κ2) is 11.3. The Morgan fingerprint density at radius 1 is 1.03 bits per heavy atom. The van der Waals surface area contributed by atoms with E-state index in [4.69, 9.17) is 9.47 Å². The summed E-state index contributed by atoms with van der Waals surface area (Å²) in [5.74, 6) is -0.986. The van der Waals surface area contributed by atoms with Crippen molar-refractivity contribution in [2.24, 2.45) is 0 Å². The van der Waals surface area contributed by atoms with Crippen LogP contribution in [0.4, 0.5) is 10.1 Å². The molecule has 1 fully saturated rings. The van der Waals surface area contributed by atoms with Gasteiger partial charge in [0.25, 0.3) is 0 Å². The maximum Gasteiger partial charge on any atom is 0.313 e. The highest BCUT2D eigenvalue weighted by atomic mass is 19.1. The summed E-state index contributed by atoms with van der Waals surface area (Å²) in [5.41, 5.74) is 0.475. The molecule has 0 saturated carbocycles. The average molecular weight is 429 g/mol. The van der Waals surface area contributed by atoms with Gasteiger partial charge in [-0.2, -0.15) is 0 Å². The Labute approximate surface area is 181 Å². The van der Waals surface area contributed by atoms with Gasteiger partial charge in [0.1, 0.15) is 30.5 Å². The van der Waals surface area contributed by atoms with E-state index >= 15 is 0 Å². The van der Waals surface area contributed by atoms with Crippen molar-refractivity contribution in [2.75, 3.05) is 38.2 Å². The zero-order valence-electron chi connectivity index (χ0n) is 17.6. The molecule has 166 valence electrons. The largest absolute Gasteiger partial charge is 0.492 e. The van der Waals surface area contributed by atoms with E-state index in [1.54, 1.807) is 31.2 Å². The minimum Gasteiger partial charge on any atom is -0.492 e. The molecule has 2 N–H and O–H groups in total. The van der Waals surface area contributed by atoms with Crippen molar-refractivity contribution in [3.8, 4) is 11.5 Å². The van der Waals surface area contributed by atoms with Crippen LogP contribution >= 0.6 is 0 Å². The smallest absolute Gasteiger partial charge is 0.313 e. The van der Waals surface area contributed by atoms with E-state index in [2.05, 4.69) is 15.5 Å². The summed E-state index contributed by atoms with van der Waals surface area (Å²) in [6.07, 6.45) is 2.47. The molecule has 0 radical (unpaired) electrons. The number of rotatable bonds is 9. The highest BCUT2D eigenvalue weighted by Crippen LogP contribution is 2.18. The summed E-state index contributed by atoms with van der Waals surface area (Å²) in [4.78, 5) is 26.7. The molecule has 7 nitrogen and oxygen atoms in total. The standard InChI is InChI=1S/C23H28FN3O4/c1-17(16-31-20-8-4-6-18(24)14-20)25-22(28)23(29)26-19-7-5-9-21(15-19)30-13-12-27-10-2-3-11-27/h4-9,14-15,17H,2-3,10-13,16H2,1H3,(H,25,28)(H,26,29). The molecule has 8 heteroatoms. The first-order chi connectivity index (χ1) is 15.0. The summed E-state index contributed by atoms with van der Waals surface area (Å²) in [7, 11) is 0. The highest BCUT2D eigenvalue weighted by molar-refractivity contribution is 6.39. The van der Waals surface area contributed by atoms with Crippen molar-refractivity contribution in [2.45, 2.75) is 25.8 Å².